The van der Waals surface area contributed by atoms with Crippen LogP contribution >= 0.6 is 11.8 Å². The highest BCUT2D eigenvalue weighted by molar-refractivity contribution is 8.05. The molecule has 0 spiro atoms. The number of amidine groups is 1. The standard InChI is InChI=1S/C28H26F3N3OS.C2H6/c1-13-17(14(2)24(30)25(31)23(13)29)12-22(35)33-27-26(20-11-16-10-19(16)36-20)34-28(3)18-7-5-4-6-15(18)8-9-21(28)32-27;1-2/h4-7,11,16,19,21H,8-10,12H2,1-3H3,(H,32,33,35);1-2H3. The molecule has 0 aromatic heterocycles. The van der Waals surface area contributed by atoms with E-state index in [4.69, 9.17) is 9.98 Å². The number of thioether (sulfide) groups is 1. The molecule has 4 nitrogen and oxygen atoms in total. The van der Waals surface area contributed by atoms with E-state index in [1.165, 1.54) is 19.4 Å². The van der Waals surface area contributed by atoms with E-state index in [9.17, 15) is 18.0 Å². The summed E-state index contributed by atoms with van der Waals surface area (Å²) in [4.78, 5) is 24.4. The molecule has 2 heterocycles. The molecule has 0 radical (unpaired) electrons. The van der Waals surface area contributed by atoms with Gasteiger partial charge in [-0.1, -0.05) is 44.2 Å². The van der Waals surface area contributed by atoms with Crippen molar-refractivity contribution in [3.8, 4) is 0 Å². The zero-order chi connectivity index (χ0) is 27.4. The predicted octanol–water partition coefficient (Wildman–Crippen LogP) is 6.51. The van der Waals surface area contributed by atoms with Gasteiger partial charge in [0.15, 0.2) is 23.3 Å². The number of hydrogen-bond donors (Lipinski definition) is 1. The van der Waals surface area contributed by atoms with Crippen LogP contribution in [0, 0.1) is 37.2 Å². The zero-order valence-electron chi connectivity index (χ0n) is 22.3. The van der Waals surface area contributed by atoms with Crippen molar-refractivity contribution in [2.45, 2.75) is 77.1 Å². The molecule has 38 heavy (non-hydrogen) atoms. The van der Waals surface area contributed by atoms with Gasteiger partial charge in [0.25, 0.3) is 0 Å². The molecular formula is C30H32F3N3OS. The van der Waals surface area contributed by atoms with E-state index in [1.54, 1.807) is 11.8 Å². The summed E-state index contributed by atoms with van der Waals surface area (Å²) in [7, 11) is 0. The van der Waals surface area contributed by atoms with Crippen LogP contribution in [-0.4, -0.2) is 28.7 Å². The molecule has 0 saturated heterocycles. The van der Waals surface area contributed by atoms with Crippen LogP contribution in [0.1, 0.15) is 61.4 Å². The molecule has 4 atom stereocenters. The van der Waals surface area contributed by atoms with Crippen LogP contribution in [0.3, 0.4) is 0 Å². The maximum Gasteiger partial charge on any atom is 0.230 e. The van der Waals surface area contributed by atoms with Gasteiger partial charge in [-0.05, 0) is 73.8 Å². The highest BCUT2D eigenvalue weighted by atomic mass is 32.2. The summed E-state index contributed by atoms with van der Waals surface area (Å²) >= 11 is 1.77. The number of nitrogens with one attached hydrogen (secondary N) is 1. The SMILES string of the molecule is CC.Cc1c(F)c(F)c(F)c(C)c1CC(=O)NC1=NC2CCc3ccccc3C2(C)N=C1C1=CC2CC2S1. The molecule has 4 aliphatic rings. The maximum absolute atomic E-state index is 14.2. The Hall–Kier alpha value is -2.87. The lowest BCUT2D eigenvalue weighted by molar-refractivity contribution is -0.119. The third kappa shape index (κ3) is 4.40. The molecule has 2 aliphatic carbocycles. The lowest BCUT2D eigenvalue weighted by atomic mass is 9.74. The summed E-state index contributed by atoms with van der Waals surface area (Å²) in [5.74, 6) is -3.57. The molecular weight excluding hydrogens is 507 g/mol. The van der Waals surface area contributed by atoms with Crippen LogP contribution in [0.2, 0.25) is 0 Å². The molecule has 2 aliphatic heterocycles. The Bertz CT molecular complexity index is 1390. The van der Waals surface area contributed by atoms with Gasteiger partial charge in [-0.3, -0.25) is 14.8 Å². The van der Waals surface area contributed by atoms with Crippen LogP contribution in [0.15, 0.2) is 45.2 Å². The Labute approximate surface area is 225 Å². The van der Waals surface area contributed by atoms with Gasteiger partial charge in [0, 0.05) is 10.2 Å². The summed E-state index contributed by atoms with van der Waals surface area (Å²) < 4.78 is 42.2. The Morgan fingerprint density at radius 2 is 1.79 bits per heavy atom. The fourth-order valence-corrected chi connectivity index (χ4v) is 7.09. The van der Waals surface area contributed by atoms with E-state index in [2.05, 4.69) is 30.4 Å². The third-order valence-electron chi connectivity index (χ3n) is 7.95. The molecule has 1 saturated carbocycles. The number of amides is 1. The second kappa shape index (κ2) is 10.0. The normalized spacial score (nSPS) is 26.5. The van der Waals surface area contributed by atoms with Crippen molar-refractivity contribution in [1.29, 1.82) is 0 Å². The van der Waals surface area contributed by atoms with Crippen molar-refractivity contribution in [3.05, 3.63) is 80.5 Å². The number of fused-ring (bicyclic) bond motifs is 4. The summed E-state index contributed by atoms with van der Waals surface area (Å²) in [5.41, 5.74) is 2.57. The fourth-order valence-electron chi connectivity index (χ4n) is 5.68. The van der Waals surface area contributed by atoms with Gasteiger partial charge in [-0.2, -0.15) is 0 Å². The van der Waals surface area contributed by atoms with E-state index in [0.717, 1.165) is 29.7 Å². The summed E-state index contributed by atoms with van der Waals surface area (Å²) in [6.45, 7) is 8.82. The summed E-state index contributed by atoms with van der Waals surface area (Å²) in [6.07, 6.45) is 4.75. The minimum Gasteiger partial charge on any atom is -0.309 e. The molecule has 2 aromatic carbocycles. The number of allylic oxidation sites excluding steroid dienone is 1. The van der Waals surface area contributed by atoms with Crippen LogP contribution in [0.4, 0.5) is 13.2 Å². The Morgan fingerprint density at radius 1 is 1.11 bits per heavy atom. The number of carbonyl (C=O) groups is 1. The average Bonchev–Trinajstić information content (AvgIpc) is 3.54. The zero-order valence-corrected chi connectivity index (χ0v) is 23.1. The molecule has 8 heteroatoms. The molecule has 6 rings (SSSR count). The maximum atomic E-state index is 14.2. The van der Waals surface area contributed by atoms with Gasteiger partial charge in [-0.15, -0.1) is 11.8 Å². The van der Waals surface area contributed by atoms with Gasteiger partial charge in [0.1, 0.15) is 11.3 Å². The number of hydrogen-bond acceptors (Lipinski definition) is 4. The van der Waals surface area contributed by atoms with Crippen molar-refractivity contribution in [1.82, 2.24) is 5.32 Å². The first kappa shape index (κ1) is 26.7. The van der Waals surface area contributed by atoms with Gasteiger partial charge < -0.3 is 5.32 Å². The summed E-state index contributed by atoms with van der Waals surface area (Å²) in [5, 5.41) is 3.45. The number of aliphatic imine (C=N–C) groups is 2. The molecule has 1 fully saturated rings. The van der Waals surface area contributed by atoms with E-state index >= 15 is 0 Å². The monoisotopic (exact) mass is 539 g/mol. The van der Waals surface area contributed by atoms with E-state index in [0.29, 0.717) is 22.7 Å². The Balaban J connectivity index is 0.00000144. The minimum absolute atomic E-state index is 0.0633. The van der Waals surface area contributed by atoms with Crippen molar-refractivity contribution in [3.63, 3.8) is 0 Å². The Morgan fingerprint density at radius 3 is 2.45 bits per heavy atom. The van der Waals surface area contributed by atoms with Crippen LogP contribution in [0.5, 0.6) is 0 Å². The van der Waals surface area contributed by atoms with Gasteiger partial charge >= 0.3 is 0 Å². The van der Waals surface area contributed by atoms with Crippen molar-refractivity contribution >= 4 is 29.2 Å². The van der Waals surface area contributed by atoms with Crippen LogP contribution < -0.4 is 5.32 Å². The van der Waals surface area contributed by atoms with E-state index < -0.39 is 28.9 Å². The number of halogens is 3. The smallest absolute Gasteiger partial charge is 0.230 e. The number of rotatable bonds is 3. The van der Waals surface area contributed by atoms with Crippen LogP contribution in [0.25, 0.3) is 0 Å². The second-order valence-corrected chi connectivity index (χ2v) is 11.6. The largest absolute Gasteiger partial charge is 0.309 e. The Kier molecular flexibility index (Phi) is 7.05. The van der Waals surface area contributed by atoms with Gasteiger partial charge in [0.2, 0.25) is 5.91 Å². The first-order valence-electron chi connectivity index (χ1n) is 13.2. The van der Waals surface area contributed by atoms with Crippen LogP contribution in [-0.2, 0) is 23.2 Å². The minimum atomic E-state index is -1.51. The van der Waals surface area contributed by atoms with E-state index in [-0.39, 0.29) is 29.2 Å². The molecule has 2 aromatic rings. The molecule has 0 bridgehead atoms. The predicted molar refractivity (Wildman–Crippen MR) is 147 cm³/mol. The number of benzene rings is 2. The molecule has 1 N–H and O–H groups in total. The first-order chi connectivity index (χ1) is 18.2. The fraction of sp³-hybridized carbons (Fsp3) is 0.433. The number of aryl methyl sites for hydroxylation is 1. The second-order valence-electron chi connectivity index (χ2n) is 10.3. The molecule has 1 amide bonds. The summed E-state index contributed by atoms with van der Waals surface area (Å²) in [6, 6.07) is 8.17. The van der Waals surface area contributed by atoms with Crippen molar-refractivity contribution in [2.75, 3.05) is 0 Å². The van der Waals surface area contributed by atoms with E-state index in [1.807, 2.05) is 26.0 Å². The highest BCUT2D eigenvalue weighted by Crippen LogP contribution is 2.54. The van der Waals surface area contributed by atoms with Crippen molar-refractivity contribution < 1.29 is 18.0 Å². The number of carbonyl (C=O) groups excluding carboxylic acids is 1. The number of nitrogens with zero attached hydrogens (tertiary/aromatic N) is 2. The third-order valence-corrected chi connectivity index (χ3v) is 9.38. The lowest BCUT2D eigenvalue weighted by Crippen LogP contribution is -2.49. The van der Waals surface area contributed by atoms with Gasteiger partial charge in [-0.25, -0.2) is 13.2 Å². The molecule has 200 valence electrons. The quantitative estimate of drug-likeness (QED) is 0.452. The first-order valence-corrected chi connectivity index (χ1v) is 14.1. The lowest BCUT2D eigenvalue weighted by Gasteiger charge is -2.41. The van der Waals surface area contributed by atoms with Crippen molar-refractivity contribution in [2.24, 2.45) is 15.9 Å². The van der Waals surface area contributed by atoms with Gasteiger partial charge in [0.05, 0.1) is 12.5 Å². The highest BCUT2D eigenvalue weighted by Gasteiger charge is 2.48. The molecule has 4 unspecified atom stereocenters. The average molecular weight is 540 g/mol. The topological polar surface area (TPSA) is 53.8 Å².